The summed E-state index contributed by atoms with van der Waals surface area (Å²) in [4.78, 5) is 23.6. The number of hydrogen-bond donors (Lipinski definition) is 4. The topological polar surface area (TPSA) is 110 Å². The van der Waals surface area contributed by atoms with E-state index < -0.39 is 0 Å². The lowest BCUT2D eigenvalue weighted by Crippen LogP contribution is -2.57. The molecule has 1 atom stereocenters. The molecule has 150 valence electrons. The van der Waals surface area contributed by atoms with E-state index in [4.69, 9.17) is 9.90 Å². The zero-order chi connectivity index (χ0) is 19.5. The van der Waals surface area contributed by atoms with Gasteiger partial charge in [0.2, 0.25) is 0 Å². The van der Waals surface area contributed by atoms with Gasteiger partial charge < -0.3 is 20.6 Å². The van der Waals surface area contributed by atoms with E-state index in [0.717, 1.165) is 35.6 Å². The number of hydrogen-bond acceptors (Lipinski definition) is 5. The number of carboxylic acid groups (broad SMARTS) is 1. The number of anilines is 1. The van der Waals surface area contributed by atoms with Gasteiger partial charge in [-0.25, -0.2) is 0 Å². The summed E-state index contributed by atoms with van der Waals surface area (Å²) in [6.45, 7) is 4.11. The number of rotatable bonds is 5. The molecule has 4 heterocycles. The fraction of sp³-hybridized carbons (Fsp3) is 0.550. The molecule has 1 aromatic heterocycles. The number of nitrogens with one attached hydrogen (secondary N) is 3. The number of aromatic nitrogens is 2. The van der Waals surface area contributed by atoms with Gasteiger partial charge in [0.05, 0.1) is 5.52 Å². The molecule has 8 heteroatoms. The first-order valence-corrected chi connectivity index (χ1v) is 10.0. The maximum absolute atomic E-state index is 12.8. The molecule has 8 nitrogen and oxygen atoms in total. The summed E-state index contributed by atoms with van der Waals surface area (Å²) in [5.41, 5.74) is 2.50. The molecule has 1 amide bonds. The number of amides is 1. The van der Waals surface area contributed by atoms with Crippen molar-refractivity contribution in [3.05, 3.63) is 23.9 Å². The summed E-state index contributed by atoms with van der Waals surface area (Å²) < 4.78 is 0. The van der Waals surface area contributed by atoms with Gasteiger partial charge in [-0.2, -0.15) is 5.10 Å². The molecule has 3 aliphatic heterocycles. The Balaban J connectivity index is 0.000000604. The van der Waals surface area contributed by atoms with E-state index in [1.54, 1.807) is 0 Å². The van der Waals surface area contributed by atoms with E-state index in [2.05, 4.69) is 31.8 Å². The van der Waals surface area contributed by atoms with E-state index in [9.17, 15) is 4.79 Å². The maximum atomic E-state index is 12.8. The van der Waals surface area contributed by atoms with Crippen LogP contribution in [0.3, 0.4) is 0 Å². The average Bonchev–Trinajstić information content (AvgIpc) is 3.45. The Morgan fingerprint density at radius 3 is 2.68 bits per heavy atom. The van der Waals surface area contributed by atoms with Gasteiger partial charge >= 0.3 is 0 Å². The number of H-pyrrole nitrogens is 1. The van der Waals surface area contributed by atoms with Crippen molar-refractivity contribution < 1.29 is 14.7 Å². The molecule has 2 bridgehead atoms. The molecule has 0 unspecified atom stereocenters. The molecule has 4 aliphatic rings. The smallest absolute Gasteiger partial charge is 0.290 e. The minimum atomic E-state index is -0.250. The Labute approximate surface area is 163 Å². The summed E-state index contributed by atoms with van der Waals surface area (Å²) in [6.07, 6.45) is 5.05. The fourth-order valence-electron chi connectivity index (χ4n) is 4.25. The van der Waals surface area contributed by atoms with Crippen LogP contribution in [-0.2, 0) is 4.79 Å². The molecular formula is C20H27N5O3. The molecule has 4 N–H and O–H groups in total. The van der Waals surface area contributed by atoms with E-state index >= 15 is 0 Å². The number of carbonyl (C=O) groups is 2. The Morgan fingerprint density at radius 1 is 1.29 bits per heavy atom. The number of nitrogens with zero attached hydrogens (tertiary/aromatic N) is 2. The average molecular weight is 385 g/mol. The van der Waals surface area contributed by atoms with Gasteiger partial charge in [0.25, 0.3) is 12.4 Å². The summed E-state index contributed by atoms with van der Waals surface area (Å²) in [5, 5.41) is 21.8. The van der Waals surface area contributed by atoms with E-state index in [-0.39, 0.29) is 18.4 Å². The fourth-order valence-corrected chi connectivity index (χ4v) is 4.25. The molecule has 1 aromatic carbocycles. The molecule has 6 rings (SSSR count). The van der Waals surface area contributed by atoms with Gasteiger partial charge in [0.15, 0.2) is 5.69 Å². The minimum absolute atomic E-state index is 0.0515. The van der Waals surface area contributed by atoms with Crippen LogP contribution in [0.1, 0.15) is 36.2 Å². The second-order valence-electron chi connectivity index (χ2n) is 7.98. The Bertz CT molecular complexity index is 839. The van der Waals surface area contributed by atoms with Crippen molar-refractivity contribution in [2.24, 2.45) is 11.8 Å². The predicted molar refractivity (Wildman–Crippen MR) is 106 cm³/mol. The van der Waals surface area contributed by atoms with E-state index in [1.165, 1.54) is 38.8 Å². The van der Waals surface area contributed by atoms with Crippen molar-refractivity contribution in [3.8, 4) is 0 Å². The molecular weight excluding hydrogens is 358 g/mol. The number of fused-ring (bicyclic) bond motifs is 4. The lowest BCUT2D eigenvalue weighted by Gasteiger charge is -2.44. The lowest BCUT2D eigenvalue weighted by atomic mass is 9.84. The number of benzene rings is 1. The third kappa shape index (κ3) is 4.11. The van der Waals surface area contributed by atoms with Gasteiger partial charge in [-0.05, 0) is 68.8 Å². The molecule has 3 saturated heterocycles. The third-order valence-electron chi connectivity index (χ3n) is 6.04. The van der Waals surface area contributed by atoms with Crippen LogP contribution in [-0.4, -0.2) is 64.8 Å². The van der Waals surface area contributed by atoms with Crippen molar-refractivity contribution in [1.29, 1.82) is 0 Å². The van der Waals surface area contributed by atoms with Crippen molar-refractivity contribution in [2.45, 2.75) is 31.7 Å². The molecule has 0 radical (unpaired) electrons. The van der Waals surface area contributed by atoms with Crippen LogP contribution in [0.25, 0.3) is 10.9 Å². The molecule has 1 saturated carbocycles. The quantitative estimate of drug-likeness (QED) is 0.585. The van der Waals surface area contributed by atoms with Crippen LogP contribution in [0.4, 0.5) is 5.69 Å². The lowest BCUT2D eigenvalue weighted by molar-refractivity contribution is -0.122. The summed E-state index contributed by atoms with van der Waals surface area (Å²) in [7, 11) is 0. The van der Waals surface area contributed by atoms with Crippen molar-refractivity contribution >= 4 is 29.0 Å². The highest BCUT2D eigenvalue weighted by molar-refractivity contribution is 6.05. The Hall–Kier alpha value is -2.61. The Kier molecular flexibility index (Phi) is 5.47. The number of carbonyl (C=O) groups excluding carboxylic acids is 1. The maximum Gasteiger partial charge on any atom is 0.290 e. The van der Waals surface area contributed by atoms with Crippen LogP contribution in [0.2, 0.25) is 0 Å². The second kappa shape index (κ2) is 8.18. The summed E-state index contributed by atoms with van der Waals surface area (Å²) >= 11 is 0. The third-order valence-corrected chi connectivity index (χ3v) is 6.04. The SMILES string of the molecule is O=C(N[C@@H]1CN2CCC1CC2)c1n[nH]c2ccc(NCC3CC3)cc12.O=CO. The van der Waals surface area contributed by atoms with Crippen LogP contribution < -0.4 is 10.6 Å². The van der Waals surface area contributed by atoms with E-state index in [0.29, 0.717) is 11.6 Å². The van der Waals surface area contributed by atoms with Crippen LogP contribution >= 0.6 is 0 Å². The van der Waals surface area contributed by atoms with E-state index in [1.807, 2.05) is 12.1 Å². The first-order chi connectivity index (χ1) is 13.7. The summed E-state index contributed by atoms with van der Waals surface area (Å²) in [5.74, 6) is 1.39. The first-order valence-electron chi connectivity index (χ1n) is 10.0. The normalized spacial score (nSPS) is 25.6. The first kappa shape index (κ1) is 18.7. The van der Waals surface area contributed by atoms with Gasteiger partial charge in [-0.3, -0.25) is 14.7 Å². The minimum Gasteiger partial charge on any atom is -0.483 e. The van der Waals surface area contributed by atoms with Crippen LogP contribution in [0.15, 0.2) is 18.2 Å². The highest BCUT2D eigenvalue weighted by Gasteiger charge is 2.35. The number of piperidine rings is 3. The molecule has 4 fully saturated rings. The second-order valence-corrected chi connectivity index (χ2v) is 7.98. The largest absolute Gasteiger partial charge is 0.483 e. The van der Waals surface area contributed by atoms with Crippen molar-refractivity contribution in [3.63, 3.8) is 0 Å². The standard InChI is InChI=1S/C19H25N5O.CH2O2/c25-19(21-17-11-24-7-5-13(17)6-8-24)18-15-9-14(20-10-12-1-2-12)3-4-16(15)22-23-18;2-1-3/h3-4,9,12-13,17,20H,1-2,5-8,10-11H2,(H,21,25)(H,22,23);1H,(H,2,3)/t17-;/m1./s1. The van der Waals surface area contributed by atoms with Gasteiger partial charge in [-0.1, -0.05) is 0 Å². The van der Waals surface area contributed by atoms with Crippen LogP contribution in [0, 0.1) is 11.8 Å². The van der Waals surface area contributed by atoms with Crippen molar-refractivity contribution in [2.75, 3.05) is 31.5 Å². The molecule has 0 spiro atoms. The van der Waals surface area contributed by atoms with Crippen LogP contribution in [0.5, 0.6) is 0 Å². The highest BCUT2D eigenvalue weighted by Crippen LogP contribution is 2.30. The summed E-state index contributed by atoms with van der Waals surface area (Å²) in [6, 6.07) is 6.37. The van der Waals surface area contributed by atoms with Gasteiger partial charge in [0, 0.05) is 30.2 Å². The zero-order valence-electron chi connectivity index (χ0n) is 15.9. The highest BCUT2D eigenvalue weighted by atomic mass is 16.3. The molecule has 28 heavy (non-hydrogen) atoms. The molecule has 2 aromatic rings. The molecule has 1 aliphatic carbocycles. The van der Waals surface area contributed by atoms with Crippen molar-refractivity contribution in [1.82, 2.24) is 20.4 Å². The number of aromatic amines is 1. The predicted octanol–water partition coefficient (Wildman–Crippen LogP) is 1.91. The zero-order valence-corrected chi connectivity index (χ0v) is 15.9. The Morgan fingerprint density at radius 2 is 2.04 bits per heavy atom. The monoisotopic (exact) mass is 385 g/mol. The van der Waals surface area contributed by atoms with Gasteiger partial charge in [-0.15, -0.1) is 0 Å². The van der Waals surface area contributed by atoms with Gasteiger partial charge in [0.1, 0.15) is 0 Å².